The van der Waals surface area contributed by atoms with E-state index in [0.717, 1.165) is 23.1 Å². The molecule has 0 aromatic heterocycles. The first-order valence-corrected chi connectivity index (χ1v) is 9.01. The van der Waals surface area contributed by atoms with Crippen LogP contribution in [0.2, 0.25) is 0 Å². The maximum atomic E-state index is 6.13. The molecule has 0 heterocycles. The van der Waals surface area contributed by atoms with Crippen molar-refractivity contribution < 1.29 is 4.74 Å². The fraction of sp³-hybridized carbons (Fsp3) is 0.182. The van der Waals surface area contributed by atoms with Crippen molar-refractivity contribution in [3.05, 3.63) is 99.5 Å². The van der Waals surface area contributed by atoms with Crippen LogP contribution in [0.4, 0.5) is 0 Å². The number of aryl methyl sites for hydroxylation is 3. The highest BCUT2D eigenvalue weighted by molar-refractivity contribution is 9.10. The van der Waals surface area contributed by atoms with Gasteiger partial charge in [0.05, 0.1) is 0 Å². The van der Waals surface area contributed by atoms with Crippen LogP contribution in [0, 0.1) is 6.92 Å². The van der Waals surface area contributed by atoms with Gasteiger partial charge in [-0.2, -0.15) is 0 Å². The van der Waals surface area contributed by atoms with Crippen LogP contribution in [0.15, 0.2) is 77.3 Å². The van der Waals surface area contributed by atoms with E-state index in [-0.39, 0.29) is 0 Å². The third-order valence-corrected chi connectivity index (χ3v) is 4.96. The first kappa shape index (κ1) is 16.8. The summed E-state index contributed by atoms with van der Waals surface area (Å²) in [5.74, 6) is 0.982. The number of halogens is 1. The fourth-order valence-corrected chi connectivity index (χ4v) is 3.08. The molecule has 2 heteroatoms. The maximum absolute atomic E-state index is 6.13. The Hall–Kier alpha value is -2.06. The molecule has 24 heavy (non-hydrogen) atoms. The van der Waals surface area contributed by atoms with Crippen LogP contribution in [-0.4, -0.2) is 0 Å². The lowest BCUT2D eigenvalue weighted by molar-refractivity contribution is 0.302. The molecule has 0 saturated carbocycles. The highest BCUT2D eigenvalue weighted by Gasteiger charge is 2.08. The van der Waals surface area contributed by atoms with Gasteiger partial charge in [-0.3, -0.25) is 0 Å². The largest absolute Gasteiger partial charge is 0.489 e. The molecule has 0 atom stereocenters. The Kier molecular flexibility index (Phi) is 5.71. The molecule has 122 valence electrons. The second-order valence-corrected chi connectivity index (χ2v) is 6.82. The van der Waals surface area contributed by atoms with Crippen molar-refractivity contribution in [2.75, 3.05) is 0 Å². The first-order valence-electron chi connectivity index (χ1n) is 8.22. The van der Waals surface area contributed by atoms with E-state index in [9.17, 15) is 0 Å². The Morgan fingerprint density at radius 3 is 2.08 bits per heavy atom. The summed E-state index contributed by atoms with van der Waals surface area (Å²) in [6, 6.07) is 25.2. The summed E-state index contributed by atoms with van der Waals surface area (Å²) >= 11 is 3.65. The molecule has 0 radical (unpaired) electrons. The van der Waals surface area contributed by atoms with E-state index in [1.807, 2.05) is 18.2 Å². The molecular formula is C22H21BrO. The van der Waals surface area contributed by atoms with Gasteiger partial charge in [0.25, 0.3) is 0 Å². The van der Waals surface area contributed by atoms with E-state index in [0.29, 0.717) is 6.61 Å². The van der Waals surface area contributed by atoms with Crippen LogP contribution >= 0.6 is 15.9 Å². The molecule has 0 aliphatic rings. The van der Waals surface area contributed by atoms with Crippen molar-refractivity contribution in [2.45, 2.75) is 26.4 Å². The van der Waals surface area contributed by atoms with Crippen molar-refractivity contribution in [1.82, 2.24) is 0 Å². The van der Waals surface area contributed by atoms with Gasteiger partial charge in [0.2, 0.25) is 0 Å². The topological polar surface area (TPSA) is 9.23 Å². The average molecular weight is 381 g/mol. The standard InChI is InChI=1S/C22H21BrO/c1-17-14-22(24-16-19-10-6-3-7-11-19)20(15-21(17)23)13-12-18-8-4-2-5-9-18/h2-11,14-15H,12-13,16H2,1H3. The van der Waals surface area contributed by atoms with E-state index in [1.165, 1.54) is 22.3 Å². The maximum Gasteiger partial charge on any atom is 0.123 e. The molecule has 3 rings (SSSR count). The quantitative estimate of drug-likeness (QED) is 0.500. The molecule has 1 nitrogen and oxygen atoms in total. The minimum Gasteiger partial charge on any atom is -0.489 e. The molecule has 3 aromatic rings. The SMILES string of the molecule is Cc1cc(OCc2ccccc2)c(CCc2ccccc2)cc1Br. The number of ether oxygens (including phenoxy) is 1. The van der Waals surface area contributed by atoms with E-state index in [4.69, 9.17) is 4.74 Å². The molecule has 0 N–H and O–H groups in total. The molecule has 0 unspecified atom stereocenters. The van der Waals surface area contributed by atoms with E-state index < -0.39 is 0 Å². The second kappa shape index (κ2) is 8.16. The Balaban J connectivity index is 1.75. The number of hydrogen-bond acceptors (Lipinski definition) is 1. The van der Waals surface area contributed by atoms with Gasteiger partial charge in [-0.25, -0.2) is 0 Å². The average Bonchev–Trinajstić information content (AvgIpc) is 2.63. The molecule has 0 fully saturated rings. The van der Waals surface area contributed by atoms with Gasteiger partial charge in [0.15, 0.2) is 0 Å². The smallest absolute Gasteiger partial charge is 0.123 e. The summed E-state index contributed by atoms with van der Waals surface area (Å²) in [5.41, 5.74) is 4.98. The van der Waals surface area contributed by atoms with Crippen LogP contribution in [0.5, 0.6) is 5.75 Å². The van der Waals surface area contributed by atoms with Crippen molar-refractivity contribution in [3.8, 4) is 5.75 Å². The summed E-state index contributed by atoms with van der Waals surface area (Å²) < 4.78 is 7.26. The Morgan fingerprint density at radius 2 is 1.42 bits per heavy atom. The highest BCUT2D eigenvalue weighted by atomic mass is 79.9. The zero-order valence-electron chi connectivity index (χ0n) is 13.8. The number of benzene rings is 3. The second-order valence-electron chi connectivity index (χ2n) is 5.97. The molecular weight excluding hydrogens is 360 g/mol. The lowest BCUT2D eigenvalue weighted by Gasteiger charge is -2.14. The first-order chi connectivity index (χ1) is 11.7. The summed E-state index contributed by atoms with van der Waals surface area (Å²) in [5, 5.41) is 0. The fourth-order valence-electron chi connectivity index (χ4n) is 2.68. The monoisotopic (exact) mass is 380 g/mol. The minimum absolute atomic E-state index is 0.597. The Bertz CT molecular complexity index is 713. The minimum atomic E-state index is 0.597. The van der Waals surface area contributed by atoms with Crippen molar-refractivity contribution >= 4 is 15.9 Å². The van der Waals surface area contributed by atoms with Gasteiger partial charge in [0.1, 0.15) is 12.4 Å². The summed E-state index contributed by atoms with van der Waals surface area (Å²) in [7, 11) is 0. The van der Waals surface area contributed by atoms with E-state index in [2.05, 4.69) is 77.5 Å². The summed E-state index contributed by atoms with van der Waals surface area (Å²) in [4.78, 5) is 0. The van der Waals surface area contributed by atoms with Gasteiger partial charge in [-0.15, -0.1) is 0 Å². The van der Waals surface area contributed by atoms with Crippen molar-refractivity contribution in [1.29, 1.82) is 0 Å². The Labute approximate surface area is 152 Å². The summed E-state index contributed by atoms with van der Waals surface area (Å²) in [6.07, 6.45) is 1.98. The van der Waals surface area contributed by atoms with Gasteiger partial charge in [-0.1, -0.05) is 76.6 Å². The number of hydrogen-bond donors (Lipinski definition) is 0. The molecule has 0 amide bonds. The normalized spacial score (nSPS) is 10.6. The van der Waals surface area contributed by atoms with Gasteiger partial charge in [-0.05, 0) is 54.2 Å². The molecule has 0 spiro atoms. The Morgan fingerprint density at radius 1 is 0.792 bits per heavy atom. The van der Waals surface area contributed by atoms with Crippen LogP contribution in [0.3, 0.4) is 0 Å². The third-order valence-electron chi connectivity index (χ3n) is 4.10. The molecule has 3 aromatic carbocycles. The van der Waals surface area contributed by atoms with Crippen LogP contribution < -0.4 is 4.74 Å². The third kappa shape index (κ3) is 4.48. The molecule has 0 aliphatic heterocycles. The van der Waals surface area contributed by atoms with E-state index in [1.54, 1.807) is 0 Å². The molecule has 0 bridgehead atoms. The predicted octanol–water partition coefficient (Wildman–Crippen LogP) is 6.12. The highest BCUT2D eigenvalue weighted by Crippen LogP contribution is 2.29. The van der Waals surface area contributed by atoms with Crippen LogP contribution in [-0.2, 0) is 19.4 Å². The lowest BCUT2D eigenvalue weighted by Crippen LogP contribution is -2.01. The molecule has 0 saturated heterocycles. The van der Waals surface area contributed by atoms with Gasteiger partial charge in [0, 0.05) is 4.47 Å². The molecule has 0 aliphatic carbocycles. The van der Waals surface area contributed by atoms with Crippen LogP contribution in [0.25, 0.3) is 0 Å². The predicted molar refractivity (Wildman–Crippen MR) is 104 cm³/mol. The van der Waals surface area contributed by atoms with Gasteiger partial charge >= 0.3 is 0 Å². The van der Waals surface area contributed by atoms with Crippen molar-refractivity contribution in [3.63, 3.8) is 0 Å². The van der Waals surface area contributed by atoms with E-state index >= 15 is 0 Å². The zero-order valence-corrected chi connectivity index (χ0v) is 15.4. The van der Waals surface area contributed by atoms with Crippen molar-refractivity contribution in [2.24, 2.45) is 0 Å². The number of rotatable bonds is 6. The lowest BCUT2D eigenvalue weighted by atomic mass is 10.0. The zero-order chi connectivity index (χ0) is 16.8. The van der Waals surface area contributed by atoms with Crippen LogP contribution in [0.1, 0.15) is 22.3 Å². The summed E-state index contributed by atoms with van der Waals surface area (Å²) in [6.45, 7) is 2.70. The van der Waals surface area contributed by atoms with Gasteiger partial charge < -0.3 is 4.74 Å².